The van der Waals surface area contributed by atoms with Crippen LogP contribution in [0.15, 0.2) is 16.6 Å². The molecule has 4 N–H and O–H groups in total. The maximum Gasteiger partial charge on any atom is 0.221 e. The lowest BCUT2D eigenvalue weighted by Crippen LogP contribution is -2.21. The minimum Gasteiger partial charge on any atom is -0.506 e. The van der Waals surface area contributed by atoms with Crippen LogP contribution in [0.5, 0.6) is 5.75 Å². The minimum atomic E-state index is -0.198. The quantitative estimate of drug-likeness (QED) is 0.735. The minimum absolute atomic E-state index is 0.0861. The largest absolute Gasteiger partial charge is 0.506 e. The Morgan fingerprint density at radius 1 is 1.60 bits per heavy atom. The van der Waals surface area contributed by atoms with Crippen LogP contribution < -0.4 is 11.1 Å². The molecular formula is C14H20BrN3O2. The number of phenols is 1. The van der Waals surface area contributed by atoms with Gasteiger partial charge in [0.1, 0.15) is 5.75 Å². The zero-order valence-electron chi connectivity index (χ0n) is 11.7. The fourth-order valence-corrected chi connectivity index (χ4v) is 3.42. The van der Waals surface area contributed by atoms with Gasteiger partial charge in [-0.1, -0.05) is 15.9 Å². The van der Waals surface area contributed by atoms with Crippen molar-refractivity contribution in [2.24, 2.45) is 11.7 Å². The predicted octanol–water partition coefficient (Wildman–Crippen LogP) is 2.06. The number of hydrogen-bond acceptors (Lipinski definition) is 4. The number of likely N-dealkylation sites (tertiary alicyclic amines) is 1. The van der Waals surface area contributed by atoms with Gasteiger partial charge in [-0.15, -0.1) is 0 Å². The Hall–Kier alpha value is -1.11. The van der Waals surface area contributed by atoms with E-state index < -0.39 is 0 Å². The normalized spacial score (nSPS) is 23.0. The highest BCUT2D eigenvalue weighted by molar-refractivity contribution is 9.10. The van der Waals surface area contributed by atoms with Crippen LogP contribution in [-0.4, -0.2) is 36.1 Å². The first-order chi connectivity index (χ1) is 9.43. The van der Waals surface area contributed by atoms with E-state index in [2.05, 4.69) is 26.1 Å². The van der Waals surface area contributed by atoms with Crippen molar-refractivity contribution in [1.82, 2.24) is 4.90 Å². The number of hydrogen-bond donors (Lipinski definition) is 3. The lowest BCUT2D eigenvalue weighted by atomic mass is 9.98. The number of benzene rings is 1. The van der Waals surface area contributed by atoms with Crippen molar-refractivity contribution in [3.63, 3.8) is 0 Å². The fourth-order valence-electron chi connectivity index (χ4n) is 2.83. The predicted molar refractivity (Wildman–Crippen MR) is 82.6 cm³/mol. The summed E-state index contributed by atoms with van der Waals surface area (Å²) in [4.78, 5) is 13.6. The summed E-state index contributed by atoms with van der Waals surface area (Å²) < 4.78 is 0.883. The highest BCUT2D eigenvalue weighted by Crippen LogP contribution is 2.44. The van der Waals surface area contributed by atoms with Gasteiger partial charge in [-0.2, -0.15) is 0 Å². The monoisotopic (exact) mass is 341 g/mol. The maximum absolute atomic E-state index is 11.4. The number of carbonyl (C=O) groups excluding carboxylic acids is 1. The first-order valence-corrected chi connectivity index (χ1v) is 7.42. The number of aromatic hydroxyl groups is 1. The number of nitrogens with one attached hydrogen (secondary N) is 1. The summed E-state index contributed by atoms with van der Waals surface area (Å²) in [6.45, 7) is 3.00. The standard InChI is InChI=1S/C14H20BrN3O2/c1-8(19)17-14-12(20)4-3-10(15)13(14)11-5-9(6-16)7-18(11)2/h3-4,9,11,20H,5-7,16H2,1-2H3,(H,17,19). The lowest BCUT2D eigenvalue weighted by molar-refractivity contribution is -0.114. The van der Waals surface area contributed by atoms with Crippen molar-refractivity contribution >= 4 is 27.5 Å². The van der Waals surface area contributed by atoms with E-state index in [0.717, 1.165) is 23.0 Å². The first-order valence-electron chi connectivity index (χ1n) is 6.63. The Morgan fingerprint density at radius 2 is 2.30 bits per heavy atom. The van der Waals surface area contributed by atoms with Gasteiger partial charge in [-0.3, -0.25) is 9.69 Å². The fraction of sp³-hybridized carbons (Fsp3) is 0.500. The molecule has 2 atom stereocenters. The number of anilines is 1. The third kappa shape index (κ3) is 2.97. The maximum atomic E-state index is 11.4. The number of carbonyl (C=O) groups is 1. The Balaban J connectivity index is 2.44. The first kappa shape index (κ1) is 15.3. The van der Waals surface area contributed by atoms with Gasteiger partial charge in [-0.25, -0.2) is 0 Å². The highest BCUT2D eigenvalue weighted by atomic mass is 79.9. The Labute approximate surface area is 127 Å². The summed E-state index contributed by atoms with van der Waals surface area (Å²) in [6, 6.07) is 3.51. The number of phenolic OH excluding ortho intramolecular Hbond substituents is 1. The lowest BCUT2D eigenvalue weighted by Gasteiger charge is -2.24. The Bertz CT molecular complexity index is 521. The van der Waals surface area contributed by atoms with Crippen molar-refractivity contribution in [1.29, 1.82) is 0 Å². The third-order valence-electron chi connectivity index (χ3n) is 3.77. The van der Waals surface area contributed by atoms with Crippen LogP contribution >= 0.6 is 15.9 Å². The molecule has 5 nitrogen and oxygen atoms in total. The zero-order valence-corrected chi connectivity index (χ0v) is 13.3. The van der Waals surface area contributed by atoms with Crippen LogP contribution in [0.3, 0.4) is 0 Å². The average Bonchev–Trinajstić information content (AvgIpc) is 2.75. The molecule has 0 bridgehead atoms. The Kier molecular flexibility index (Phi) is 4.67. The molecule has 1 fully saturated rings. The van der Waals surface area contributed by atoms with Crippen molar-refractivity contribution in [3.05, 3.63) is 22.2 Å². The van der Waals surface area contributed by atoms with Gasteiger partial charge in [0.2, 0.25) is 5.91 Å². The van der Waals surface area contributed by atoms with Crippen LogP contribution in [0.1, 0.15) is 24.9 Å². The summed E-state index contributed by atoms with van der Waals surface area (Å²) in [7, 11) is 2.04. The van der Waals surface area contributed by atoms with Crippen LogP contribution in [0, 0.1) is 5.92 Å². The second-order valence-corrected chi connectivity index (χ2v) is 6.18. The molecule has 1 aliphatic heterocycles. The van der Waals surface area contributed by atoms with Gasteiger partial charge in [-0.05, 0) is 38.1 Å². The van der Waals surface area contributed by atoms with Gasteiger partial charge < -0.3 is 16.2 Å². The van der Waals surface area contributed by atoms with Crippen molar-refractivity contribution < 1.29 is 9.90 Å². The van der Waals surface area contributed by atoms with E-state index in [-0.39, 0.29) is 17.7 Å². The van der Waals surface area contributed by atoms with Gasteiger partial charge in [0.15, 0.2) is 0 Å². The number of nitrogens with zero attached hydrogens (tertiary/aromatic N) is 1. The van der Waals surface area contributed by atoms with E-state index in [4.69, 9.17) is 5.73 Å². The summed E-state index contributed by atoms with van der Waals surface area (Å²) in [6.07, 6.45) is 0.918. The van der Waals surface area contributed by atoms with Gasteiger partial charge in [0, 0.05) is 29.5 Å². The van der Waals surface area contributed by atoms with E-state index in [1.165, 1.54) is 6.92 Å². The highest BCUT2D eigenvalue weighted by Gasteiger charge is 2.33. The molecule has 0 radical (unpaired) electrons. The average molecular weight is 342 g/mol. The van der Waals surface area contributed by atoms with E-state index in [0.29, 0.717) is 18.2 Å². The third-order valence-corrected chi connectivity index (χ3v) is 4.46. The van der Waals surface area contributed by atoms with E-state index in [9.17, 15) is 9.90 Å². The topological polar surface area (TPSA) is 78.6 Å². The van der Waals surface area contributed by atoms with Crippen LogP contribution in [0.25, 0.3) is 0 Å². The Morgan fingerprint density at radius 3 is 2.85 bits per heavy atom. The number of rotatable bonds is 3. The number of halogens is 1. The second kappa shape index (κ2) is 6.11. The molecule has 1 aromatic rings. The molecule has 1 amide bonds. The summed E-state index contributed by atoms with van der Waals surface area (Å²) in [5, 5.41) is 12.8. The molecule has 6 heteroatoms. The molecule has 0 aromatic heterocycles. The van der Waals surface area contributed by atoms with E-state index in [1.54, 1.807) is 12.1 Å². The number of amides is 1. The molecule has 1 aromatic carbocycles. The second-order valence-electron chi connectivity index (χ2n) is 5.33. The van der Waals surface area contributed by atoms with Crippen LogP contribution in [0.4, 0.5) is 5.69 Å². The van der Waals surface area contributed by atoms with E-state index in [1.807, 2.05) is 7.05 Å². The summed E-state index contributed by atoms with van der Waals surface area (Å²) >= 11 is 3.53. The van der Waals surface area contributed by atoms with Gasteiger partial charge >= 0.3 is 0 Å². The van der Waals surface area contributed by atoms with Crippen molar-refractivity contribution in [2.45, 2.75) is 19.4 Å². The molecule has 20 heavy (non-hydrogen) atoms. The molecule has 1 heterocycles. The molecule has 1 saturated heterocycles. The zero-order chi connectivity index (χ0) is 14.9. The smallest absolute Gasteiger partial charge is 0.221 e. The van der Waals surface area contributed by atoms with Crippen molar-refractivity contribution in [3.8, 4) is 5.75 Å². The SMILES string of the molecule is CC(=O)Nc1c(O)ccc(Br)c1C1CC(CN)CN1C. The molecule has 0 aliphatic carbocycles. The van der Waals surface area contributed by atoms with Crippen molar-refractivity contribution in [2.75, 3.05) is 25.5 Å². The van der Waals surface area contributed by atoms with Gasteiger partial charge in [0.25, 0.3) is 0 Å². The van der Waals surface area contributed by atoms with Crippen LogP contribution in [0.2, 0.25) is 0 Å². The molecule has 1 aliphatic rings. The molecule has 2 rings (SSSR count). The number of nitrogens with two attached hydrogens (primary N) is 1. The summed E-state index contributed by atoms with van der Waals surface area (Å²) in [5.74, 6) is 0.322. The molecule has 2 unspecified atom stereocenters. The van der Waals surface area contributed by atoms with E-state index >= 15 is 0 Å². The molecule has 0 saturated carbocycles. The van der Waals surface area contributed by atoms with Crippen LogP contribution in [-0.2, 0) is 4.79 Å². The van der Waals surface area contributed by atoms with Gasteiger partial charge in [0.05, 0.1) is 5.69 Å². The molecule has 0 spiro atoms. The summed E-state index contributed by atoms with van der Waals surface area (Å²) in [5.41, 5.74) is 7.17. The molecular weight excluding hydrogens is 322 g/mol. The molecule has 110 valence electrons.